The van der Waals surface area contributed by atoms with Crippen LogP contribution in [-0.4, -0.2) is 45.6 Å². The summed E-state index contributed by atoms with van der Waals surface area (Å²) in [4.78, 5) is 20.2. The second kappa shape index (κ2) is 7.67. The van der Waals surface area contributed by atoms with Gasteiger partial charge in [0.15, 0.2) is 5.82 Å². The Kier molecular flexibility index (Phi) is 4.93. The van der Waals surface area contributed by atoms with E-state index in [2.05, 4.69) is 19.9 Å². The topological polar surface area (TPSA) is 73.3 Å². The van der Waals surface area contributed by atoms with E-state index in [1.165, 1.54) is 5.56 Å². The third-order valence-corrected chi connectivity index (χ3v) is 4.65. The van der Waals surface area contributed by atoms with Crippen LogP contribution in [0.4, 0.5) is 0 Å². The maximum absolute atomic E-state index is 5.43. The minimum Gasteiger partial charge on any atom is -0.481 e. The van der Waals surface area contributed by atoms with Crippen LogP contribution in [0.2, 0.25) is 0 Å². The van der Waals surface area contributed by atoms with Crippen molar-refractivity contribution in [2.45, 2.75) is 19.5 Å². The van der Waals surface area contributed by atoms with Crippen LogP contribution in [0.3, 0.4) is 0 Å². The largest absolute Gasteiger partial charge is 0.481 e. The fourth-order valence-electron chi connectivity index (χ4n) is 3.23. The van der Waals surface area contributed by atoms with Crippen molar-refractivity contribution in [1.29, 1.82) is 0 Å². The minimum absolute atomic E-state index is 0.549. The lowest BCUT2D eigenvalue weighted by molar-refractivity contribution is 0.236. The first kappa shape index (κ1) is 17.4. The molecule has 3 aromatic heterocycles. The van der Waals surface area contributed by atoms with Crippen LogP contribution < -0.4 is 9.47 Å². The maximum atomic E-state index is 5.43. The van der Waals surface area contributed by atoms with Gasteiger partial charge in [-0.2, -0.15) is 4.98 Å². The van der Waals surface area contributed by atoms with Crippen molar-refractivity contribution >= 4 is 0 Å². The van der Waals surface area contributed by atoms with E-state index in [1.807, 2.05) is 30.5 Å². The summed E-state index contributed by atoms with van der Waals surface area (Å²) in [6.45, 7) is 2.45. The molecule has 7 nitrogen and oxygen atoms in total. The van der Waals surface area contributed by atoms with Gasteiger partial charge in [-0.1, -0.05) is 0 Å². The number of aromatic nitrogens is 4. The van der Waals surface area contributed by atoms with Crippen LogP contribution in [0.25, 0.3) is 11.4 Å². The lowest BCUT2D eigenvalue weighted by atomic mass is 10.1. The quantitative estimate of drug-likeness (QED) is 0.689. The van der Waals surface area contributed by atoms with E-state index in [9.17, 15) is 0 Å². The molecule has 3 aromatic rings. The van der Waals surface area contributed by atoms with Gasteiger partial charge in [0, 0.05) is 55.4 Å². The summed E-state index contributed by atoms with van der Waals surface area (Å²) >= 11 is 0. The molecule has 0 aromatic carbocycles. The minimum atomic E-state index is 0.549. The van der Waals surface area contributed by atoms with E-state index in [0.29, 0.717) is 17.6 Å². The monoisotopic (exact) mass is 363 g/mol. The molecule has 0 spiro atoms. The van der Waals surface area contributed by atoms with Gasteiger partial charge in [0.1, 0.15) is 0 Å². The molecule has 138 valence electrons. The zero-order valence-corrected chi connectivity index (χ0v) is 15.4. The summed E-state index contributed by atoms with van der Waals surface area (Å²) < 4.78 is 10.6. The van der Waals surface area contributed by atoms with Crippen LogP contribution in [0.5, 0.6) is 11.8 Å². The van der Waals surface area contributed by atoms with Gasteiger partial charge in [-0.15, -0.1) is 0 Å². The fraction of sp³-hybridized carbons (Fsp3) is 0.300. The summed E-state index contributed by atoms with van der Waals surface area (Å²) in [6.07, 6.45) is 6.40. The van der Waals surface area contributed by atoms with E-state index < -0.39 is 0 Å². The van der Waals surface area contributed by atoms with Crippen molar-refractivity contribution in [1.82, 2.24) is 24.8 Å². The predicted molar refractivity (Wildman–Crippen MR) is 100 cm³/mol. The number of ether oxygens (including phenoxy) is 2. The summed E-state index contributed by atoms with van der Waals surface area (Å²) in [5.74, 6) is 1.86. The average molecular weight is 363 g/mol. The highest BCUT2D eigenvalue weighted by atomic mass is 16.5. The highest BCUT2D eigenvalue weighted by molar-refractivity contribution is 5.53. The molecule has 0 N–H and O–H groups in total. The molecule has 4 heterocycles. The molecule has 1 aliphatic heterocycles. The van der Waals surface area contributed by atoms with Crippen LogP contribution in [-0.2, 0) is 19.5 Å². The van der Waals surface area contributed by atoms with E-state index in [1.54, 1.807) is 26.6 Å². The van der Waals surface area contributed by atoms with Crippen molar-refractivity contribution in [2.24, 2.45) is 0 Å². The SMILES string of the molecule is COc1ccc(CN2CCc3cnc(-c4cccnc4)nc3C2)c(OC)n1. The number of rotatable bonds is 5. The molecule has 27 heavy (non-hydrogen) atoms. The molecular formula is C20H21N5O2. The lowest BCUT2D eigenvalue weighted by Crippen LogP contribution is -2.31. The molecule has 0 radical (unpaired) electrons. The Morgan fingerprint density at radius 1 is 1.07 bits per heavy atom. The molecule has 0 aliphatic carbocycles. The smallest absolute Gasteiger partial charge is 0.220 e. The molecule has 4 rings (SSSR count). The second-order valence-electron chi connectivity index (χ2n) is 6.39. The van der Waals surface area contributed by atoms with E-state index in [-0.39, 0.29) is 0 Å². The number of methoxy groups -OCH3 is 2. The standard InChI is InChI=1S/C20H21N5O2/c1-26-18-6-5-16(20(24-18)27-2)12-25-9-7-14-11-22-19(23-17(14)13-25)15-4-3-8-21-10-15/h3-6,8,10-11H,7,9,12-13H2,1-2H3. The number of pyridine rings is 2. The lowest BCUT2D eigenvalue weighted by Gasteiger charge is -2.28. The Labute approximate surface area is 158 Å². The average Bonchev–Trinajstić information content (AvgIpc) is 2.74. The molecule has 0 unspecified atom stereocenters. The number of hydrogen-bond donors (Lipinski definition) is 0. The van der Waals surface area contributed by atoms with Gasteiger partial charge in [0.2, 0.25) is 11.8 Å². The maximum Gasteiger partial charge on any atom is 0.220 e. The van der Waals surface area contributed by atoms with Gasteiger partial charge in [0.05, 0.1) is 19.9 Å². The summed E-state index contributed by atoms with van der Waals surface area (Å²) in [6, 6.07) is 7.73. The number of hydrogen-bond acceptors (Lipinski definition) is 7. The van der Waals surface area contributed by atoms with Gasteiger partial charge < -0.3 is 9.47 Å². The zero-order chi connectivity index (χ0) is 18.6. The molecule has 0 saturated heterocycles. The second-order valence-corrected chi connectivity index (χ2v) is 6.39. The van der Waals surface area contributed by atoms with Gasteiger partial charge in [-0.25, -0.2) is 9.97 Å². The third-order valence-electron chi connectivity index (χ3n) is 4.65. The molecule has 7 heteroatoms. The Morgan fingerprint density at radius 3 is 2.78 bits per heavy atom. The molecule has 0 atom stereocenters. The first-order valence-electron chi connectivity index (χ1n) is 8.82. The summed E-state index contributed by atoms with van der Waals surface area (Å²) in [7, 11) is 3.23. The molecule has 0 saturated carbocycles. The van der Waals surface area contributed by atoms with Crippen LogP contribution >= 0.6 is 0 Å². The first-order chi connectivity index (χ1) is 13.3. The normalized spacial score (nSPS) is 13.9. The first-order valence-corrected chi connectivity index (χ1v) is 8.82. The Morgan fingerprint density at radius 2 is 2.00 bits per heavy atom. The van der Waals surface area contributed by atoms with Crippen LogP contribution in [0, 0.1) is 0 Å². The van der Waals surface area contributed by atoms with Crippen molar-refractivity contribution in [3.63, 3.8) is 0 Å². The Balaban J connectivity index is 1.54. The van der Waals surface area contributed by atoms with Crippen molar-refractivity contribution in [3.05, 3.63) is 59.7 Å². The number of fused-ring (bicyclic) bond motifs is 1. The number of nitrogens with zero attached hydrogens (tertiary/aromatic N) is 5. The third kappa shape index (κ3) is 3.73. The Hall–Kier alpha value is -3.06. The molecule has 0 amide bonds. The van der Waals surface area contributed by atoms with E-state index in [0.717, 1.165) is 42.9 Å². The molecular weight excluding hydrogens is 342 g/mol. The van der Waals surface area contributed by atoms with Crippen molar-refractivity contribution in [3.8, 4) is 23.1 Å². The highest BCUT2D eigenvalue weighted by Gasteiger charge is 2.20. The molecule has 1 aliphatic rings. The van der Waals surface area contributed by atoms with Gasteiger partial charge in [-0.05, 0) is 30.2 Å². The highest BCUT2D eigenvalue weighted by Crippen LogP contribution is 2.25. The van der Waals surface area contributed by atoms with Gasteiger partial charge in [-0.3, -0.25) is 9.88 Å². The van der Waals surface area contributed by atoms with Gasteiger partial charge in [0.25, 0.3) is 0 Å². The molecule has 0 fully saturated rings. The van der Waals surface area contributed by atoms with Crippen LogP contribution in [0.15, 0.2) is 42.9 Å². The van der Waals surface area contributed by atoms with Crippen molar-refractivity contribution in [2.75, 3.05) is 20.8 Å². The fourth-order valence-corrected chi connectivity index (χ4v) is 3.23. The zero-order valence-electron chi connectivity index (χ0n) is 15.4. The summed E-state index contributed by atoms with van der Waals surface area (Å²) in [5.41, 5.74) is 4.23. The predicted octanol–water partition coefficient (Wildman–Crippen LogP) is 2.51. The summed E-state index contributed by atoms with van der Waals surface area (Å²) in [5, 5.41) is 0. The molecule has 0 bridgehead atoms. The van der Waals surface area contributed by atoms with E-state index in [4.69, 9.17) is 14.5 Å². The van der Waals surface area contributed by atoms with Gasteiger partial charge >= 0.3 is 0 Å². The van der Waals surface area contributed by atoms with Crippen LogP contribution in [0.1, 0.15) is 16.8 Å². The van der Waals surface area contributed by atoms with Crippen molar-refractivity contribution < 1.29 is 9.47 Å². The Bertz CT molecular complexity index is 933. The van der Waals surface area contributed by atoms with E-state index >= 15 is 0 Å².